The highest BCUT2D eigenvalue weighted by Gasteiger charge is 2.07. The Morgan fingerprint density at radius 3 is 2.29 bits per heavy atom. The van der Waals surface area contributed by atoms with Gasteiger partial charge in [0.15, 0.2) is 0 Å². The molecule has 2 aromatic rings. The molecule has 6 heteroatoms. The van der Waals surface area contributed by atoms with Gasteiger partial charge in [-0.3, -0.25) is 0 Å². The molecule has 0 saturated heterocycles. The van der Waals surface area contributed by atoms with Gasteiger partial charge in [0.05, 0.1) is 20.1 Å². The standard InChI is InChI=1S/C11H9Cl3N2S/c12-8-3-6(15)4-9(13)11(8)16-5-7-1-2-10(14)17-7/h1-4,16H,5,15H2. The van der Waals surface area contributed by atoms with Gasteiger partial charge >= 0.3 is 0 Å². The van der Waals surface area contributed by atoms with E-state index in [1.807, 2.05) is 12.1 Å². The molecular weight excluding hydrogens is 299 g/mol. The Balaban J connectivity index is 2.14. The summed E-state index contributed by atoms with van der Waals surface area (Å²) in [7, 11) is 0. The first-order valence-corrected chi connectivity index (χ1v) is 6.74. The maximum Gasteiger partial charge on any atom is 0.0931 e. The highest BCUT2D eigenvalue weighted by Crippen LogP contribution is 2.33. The molecule has 17 heavy (non-hydrogen) atoms. The number of nitrogen functional groups attached to an aromatic ring is 1. The minimum atomic E-state index is 0.512. The van der Waals surface area contributed by atoms with Gasteiger partial charge in [-0.05, 0) is 24.3 Å². The zero-order valence-electron chi connectivity index (χ0n) is 8.64. The van der Waals surface area contributed by atoms with Crippen molar-refractivity contribution in [2.75, 3.05) is 11.1 Å². The molecule has 2 nitrogen and oxygen atoms in total. The zero-order valence-corrected chi connectivity index (χ0v) is 11.7. The Kier molecular flexibility index (Phi) is 4.05. The molecule has 0 fully saturated rings. The second-order valence-corrected chi connectivity index (χ2v) is 6.03. The Morgan fingerprint density at radius 2 is 1.76 bits per heavy atom. The summed E-state index contributed by atoms with van der Waals surface area (Å²) in [4.78, 5) is 1.11. The highest BCUT2D eigenvalue weighted by atomic mass is 35.5. The Hall–Kier alpha value is -0.610. The zero-order chi connectivity index (χ0) is 12.4. The summed E-state index contributed by atoms with van der Waals surface area (Å²) in [6, 6.07) is 7.14. The Bertz CT molecular complexity index is 516. The van der Waals surface area contributed by atoms with E-state index in [9.17, 15) is 0 Å². The van der Waals surface area contributed by atoms with Crippen LogP contribution >= 0.6 is 46.1 Å². The topological polar surface area (TPSA) is 38.0 Å². The SMILES string of the molecule is Nc1cc(Cl)c(NCc2ccc(Cl)s2)c(Cl)c1. The van der Waals surface area contributed by atoms with Crippen molar-refractivity contribution < 1.29 is 0 Å². The van der Waals surface area contributed by atoms with Gasteiger partial charge < -0.3 is 11.1 Å². The van der Waals surface area contributed by atoms with Crippen molar-refractivity contribution in [2.45, 2.75) is 6.54 Å². The van der Waals surface area contributed by atoms with E-state index in [1.165, 1.54) is 11.3 Å². The average molecular weight is 308 g/mol. The van der Waals surface area contributed by atoms with Crippen molar-refractivity contribution in [1.82, 2.24) is 0 Å². The lowest BCUT2D eigenvalue weighted by Crippen LogP contribution is -1.99. The summed E-state index contributed by atoms with van der Waals surface area (Å²) >= 11 is 19.5. The largest absolute Gasteiger partial charge is 0.399 e. The molecular formula is C11H9Cl3N2S. The molecule has 1 aromatic heterocycles. The molecule has 90 valence electrons. The predicted molar refractivity (Wildman–Crippen MR) is 77.5 cm³/mol. The second-order valence-electron chi connectivity index (χ2n) is 3.42. The highest BCUT2D eigenvalue weighted by molar-refractivity contribution is 7.16. The van der Waals surface area contributed by atoms with Crippen molar-refractivity contribution >= 4 is 57.5 Å². The van der Waals surface area contributed by atoms with E-state index in [1.54, 1.807) is 12.1 Å². The maximum atomic E-state index is 6.06. The third-order valence-corrected chi connectivity index (χ3v) is 3.96. The molecule has 0 spiro atoms. The Labute approximate surface area is 118 Å². The number of thiophene rings is 1. The van der Waals surface area contributed by atoms with Crippen LogP contribution in [0.2, 0.25) is 14.4 Å². The van der Waals surface area contributed by atoms with Crippen LogP contribution in [-0.4, -0.2) is 0 Å². The van der Waals surface area contributed by atoms with Gasteiger partial charge in [-0.15, -0.1) is 11.3 Å². The normalized spacial score (nSPS) is 10.5. The van der Waals surface area contributed by atoms with Gasteiger partial charge in [0.1, 0.15) is 0 Å². The van der Waals surface area contributed by atoms with Crippen LogP contribution in [0.15, 0.2) is 24.3 Å². The summed E-state index contributed by atoms with van der Waals surface area (Å²) < 4.78 is 0.760. The molecule has 0 atom stereocenters. The quantitative estimate of drug-likeness (QED) is 0.791. The summed E-state index contributed by atoms with van der Waals surface area (Å²) in [6.45, 7) is 0.626. The first kappa shape index (κ1) is 12.8. The van der Waals surface area contributed by atoms with Crippen molar-refractivity contribution in [2.24, 2.45) is 0 Å². The number of nitrogens with two attached hydrogens (primary N) is 1. The minimum Gasteiger partial charge on any atom is -0.399 e. The molecule has 0 unspecified atom stereocenters. The van der Waals surface area contributed by atoms with E-state index < -0.39 is 0 Å². The van der Waals surface area contributed by atoms with Gasteiger partial charge in [0.25, 0.3) is 0 Å². The van der Waals surface area contributed by atoms with Crippen molar-refractivity contribution in [3.63, 3.8) is 0 Å². The average Bonchev–Trinajstić information content (AvgIpc) is 2.62. The van der Waals surface area contributed by atoms with E-state index in [-0.39, 0.29) is 0 Å². The van der Waals surface area contributed by atoms with Crippen LogP contribution < -0.4 is 11.1 Å². The molecule has 1 heterocycles. The van der Waals surface area contributed by atoms with Crippen molar-refractivity contribution in [3.05, 3.63) is 43.5 Å². The Morgan fingerprint density at radius 1 is 1.12 bits per heavy atom. The molecule has 2 rings (SSSR count). The van der Waals surface area contributed by atoms with Crippen LogP contribution in [0.1, 0.15) is 4.88 Å². The number of anilines is 2. The fourth-order valence-electron chi connectivity index (χ4n) is 1.38. The molecule has 3 N–H and O–H groups in total. The lowest BCUT2D eigenvalue weighted by atomic mass is 10.2. The number of rotatable bonds is 3. The van der Waals surface area contributed by atoms with Crippen LogP contribution in [0.3, 0.4) is 0 Å². The summed E-state index contributed by atoms with van der Waals surface area (Å²) in [5.74, 6) is 0. The van der Waals surface area contributed by atoms with E-state index in [4.69, 9.17) is 40.5 Å². The molecule has 0 amide bonds. The number of hydrogen-bond donors (Lipinski definition) is 2. The minimum absolute atomic E-state index is 0.512. The van der Waals surface area contributed by atoms with E-state index >= 15 is 0 Å². The van der Waals surface area contributed by atoms with Gasteiger partial charge in [-0.2, -0.15) is 0 Å². The van der Waals surface area contributed by atoms with Crippen LogP contribution in [0.25, 0.3) is 0 Å². The number of benzene rings is 1. The first-order chi connectivity index (χ1) is 8.06. The van der Waals surface area contributed by atoms with E-state index in [0.29, 0.717) is 28.0 Å². The molecule has 0 radical (unpaired) electrons. The first-order valence-electron chi connectivity index (χ1n) is 4.79. The van der Waals surface area contributed by atoms with Gasteiger partial charge in [-0.25, -0.2) is 0 Å². The van der Waals surface area contributed by atoms with Crippen molar-refractivity contribution in [1.29, 1.82) is 0 Å². The molecule has 0 aliphatic rings. The predicted octanol–water partition coefficient (Wildman–Crippen LogP) is 4.90. The number of halogens is 3. The fraction of sp³-hybridized carbons (Fsp3) is 0.0909. The van der Waals surface area contributed by atoms with E-state index in [2.05, 4.69) is 5.32 Å². The molecule has 0 bridgehead atoms. The molecule has 1 aromatic carbocycles. The summed E-state index contributed by atoms with van der Waals surface area (Å²) in [6.07, 6.45) is 0. The van der Waals surface area contributed by atoms with Gasteiger partial charge in [-0.1, -0.05) is 34.8 Å². The fourth-order valence-corrected chi connectivity index (χ4v) is 3.05. The maximum absolute atomic E-state index is 6.06. The van der Waals surface area contributed by atoms with Crippen LogP contribution in [0, 0.1) is 0 Å². The van der Waals surface area contributed by atoms with Gasteiger partial charge in [0.2, 0.25) is 0 Å². The summed E-state index contributed by atoms with van der Waals surface area (Å²) in [5.41, 5.74) is 6.86. The van der Waals surface area contributed by atoms with Crippen LogP contribution in [0.4, 0.5) is 11.4 Å². The third-order valence-electron chi connectivity index (χ3n) is 2.13. The van der Waals surface area contributed by atoms with Crippen molar-refractivity contribution in [3.8, 4) is 0 Å². The van der Waals surface area contributed by atoms with E-state index in [0.717, 1.165) is 9.21 Å². The second kappa shape index (κ2) is 5.36. The third kappa shape index (κ3) is 3.19. The summed E-state index contributed by atoms with van der Waals surface area (Å²) in [5, 5.41) is 4.19. The number of hydrogen-bond acceptors (Lipinski definition) is 3. The molecule has 0 saturated carbocycles. The van der Waals surface area contributed by atoms with Crippen LogP contribution in [0.5, 0.6) is 0 Å². The van der Waals surface area contributed by atoms with Crippen LogP contribution in [-0.2, 0) is 6.54 Å². The van der Waals surface area contributed by atoms with Gasteiger partial charge in [0, 0.05) is 17.1 Å². The molecule has 0 aliphatic heterocycles. The lowest BCUT2D eigenvalue weighted by molar-refractivity contribution is 1.19. The monoisotopic (exact) mass is 306 g/mol. The number of nitrogens with one attached hydrogen (secondary N) is 1. The molecule has 0 aliphatic carbocycles. The lowest BCUT2D eigenvalue weighted by Gasteiger charge is -2.10. The smallest absolute Gasteiger partial charge is 0.0931 e.